The van der Waals surface area contributed by atoms with Crippen LogP contribution in [0.4, 0.5) is 0 Å². The van der Waals surface area contributed by atoms with Gasteiger partial charge in [-0.05, 0) is 44.6 Å². The van der Waals surface area contributed by atoms with Crippen molar-refractivity contribution in [3.63, 3.8) is 0 Å². The number of rotatable bonds is 5. The summed E-state index contributed by atoms with van der Waals surface area (Å²) in [5.74, 6) is 0.189. The summed E-state index contributed by atoms with van der Waals surface area (Å²) in [5, 5.41) is 4.42. The second-order valence-corrected chi connectivity index (χ2v) is 6.99. The molecule has 1 amide bonds. The minimum atomic E-state index is -0.249. The maximum Gasteiger partial charge on any atom is 0.251 e. The SMILES string of the molecule is CC[C@@H](OC1CCCC1)C(=O)N1CCC(n2cc(C)cn2)CC1. The third-order valence-corrected chi connectivity index (χ3v) is 5.19. The first-order valence-electron chi connectivity index (χ1n) is 9.12. The van der Waals surface area contributed by atoms with E-state index in [0.717, 1.165) is 45.2 Å². The van der Waals surface area contributed by atoms with E-state index in [0.29, 0.717) is 12.1 Å². The van der Waals surface area contributed by atoms with Crippen molar-refractivity contribution >= 4 is 5.91 Å². The monoisotopic (exact) mass is 319 g/mol. The molecule has 2 fully saturated rings. The summed E-state index contributed by atoms with van der Waals surface area (Å²) in [6.07, 6.45) is 11.5. The lowest BCUT2D eigenvalue weighted by atomic mass is 10.0. The molecule has 23 heavy (non-hydrogen) atoms. The quantitative estimate of drug-likeness (QED) is 0.838. The number of piperidine rings is 1. The van der Waals surface area contributed by atoms with E-state index in [1.807, 2.05) is 11.1 Å². The highest BCUT2D eigenvalue weighted by Crippen LogP contribution is 2.26. The van der Waals surface area contributed by atoms with Crippen LogP contribution >= 0.6 is 0 Å². The fraction of sp³-hybridized carbons (Fsp3) is 0.778. The van der Waals surface area contributed by atoms with Gasteiger partial charge in [0.05, 0.1) is 18.3 Å². The van der Waals surface area contributed by atoms with Crippen molar-refractivity contribution in [2.45, 2.75) is 77.0 Å². The van der Waals surface area contributed by atoms with Crippen LogP contribution in [0.2, 0.25) is 0 Å². The Morgan fingerprint density at radius 3 is 2.57 bits per heavy atom. The number of likely N-dealkylation sites (tertiary alicyclic amines) is 1. The summed E-state index contributed by atoms with van der Waals surface area (Å²) in [6, 6.07) is 0.420. The molecule has 1 aliphatic carbocycles. The maximum atomic E-state index is 12.7. The normalized spacial score (nSPS) is 21.7. The van der Waals surface area contributed by atoms with E-state index >= 15 is 0 Å². The highest BCUT2D eigenvalue weighted by Gasteiger charge is 2.30. The topological polar surface area (TPSA) is 47.4 Å². The number of hydrogen-bond acceptors (Lipinski definition) is 3. The molecule has 3 rings (SSSR count). The number of nitrogens with zero attached hydrogens (tertiary/aromatic N) is 3. The minimum Gasteiger partial charge on any atom is -0.365 e. The lowest BCUT2D eigenvalue weighted by Gasteiger charge is -2.34. The summed E-state index contributed by atoms with van der Waals surface area (Å²) in [6.45, 7) is 5.74. The van der Waals surface area contributed by atoms with Gasteiger partial charge in [-0.15, -0.1) is 0 Å². The smallest absolute Gasteiger partial charge is 0.251 e. The van der Waals surface area contributed by atoms with Crippen LogP contribution in [0.5, 0.6) is 0 Å². The van der Waals surface area contributed by atoms with E-state index in [4.69, 9.17) is 4.74 Å². The van der Waals surface area contributed by atoms with Crippen LogP contribution in [0.25, 0.3) is 0 Å². The van der Waals surface area contributed by atoms with Crippen LogP contribution in [0.15, 0.2) is 12.4 Å². The fourth-order valence-electron chi connectivity index (χ4n) is 3.77. The number of hydrogen-bond donors (Lipinski definition) is 0. The highest BCUT2D eigenvalue weighted by molar-refractivity contribution is 5.81. The van der Waals surface area contributed by atoms with Crippen LogP contribution in [-0.4, -0.2) is 45.9 Å². The van der Waals surface area contributed by atoms with E-state index in [2.05, 4.69) is 29.8 Å². The first kappa shape index (κ1) is 16.5. The molecule has 5 nitrogen and oxygen atoms in total. The fourth-order valence-corrected chi connectivity index (χ4v) is 3.77. The molecular formula is C18H29N3O2. The van der Waals surface area contributed by atoms with Crippen molar-refractivity contribution in [2.24, 2.45) is 0 Å². The van der Waals surface area contributed by atoms with Gasteiger partial charge in [0, 0.05) is 19.3 Å². The van der Waals surface area contributed by atoms with Gasteiger partial charge in [0.2, 0.25) is 0 Å². The highest BCUT2D eigenvalue weighted by atomic mass is 16.5. The molecule has 1 aromatic rings. The van der Waals surface area contributed by atoms with Gasteiger partial charge < -0.3 is 9.64 Å². The third kappa shape index (κ3) is 3.94. The predicted molar refractivity (Wildman–Crippen MR) is 89.2 cm³/mol. The molecule has 1 aliphatic heterocycles. The summed E-state index contributed by atoms with van der Waals surface area (Å²) in [5.41, 5.74) is 1.19. The first-order chi connectivity index (χ1) is 11.2. The number of aromatic nitrogens is 2. The Bertz CT molecular complexity index is 514. The Morgan fingerprint density at radius 2 is 2.00 bits per heavy atom. The molecule has 1 saturated heterocycles. The Balaban J connectivity index is 1.52. The zero-order valence-corrected chi connectivity index (χ0v) is 14.4. The van der Waals surface area contributed by atoms with Crippen molar-refractivity contribution in [3.05, 3.63) is 18.0 Å². The summed E-state index contributed by atoms with van der Waals surface area (Å²) >= 11 is 0. The zero-order chi connectivity index (χ0) is 16.2. The molecule has 1 aromatic heterocycles. The van der Waals surface area contributed by atoms with E-state index < -0.39 is 0 Å². The number of amides is 1. The van der Waals surface area contributed by atoms with Crippen LogP contribution in [0.3, 0.4) is 0 Å². The second-order valence-electron chi connectivity index (χ2n) is 6.99. The van der Waals surface area contributed by atoms with Gasteiger partial charge in [0.25, 0.3) is 5.91 Å². The molecule has 0 aromatic carbocycles. The van der Waals surface area contributed by atoms with E-state index in [1.54, 1.807) is 0 Å². The average molecular weight is 319 g/mol. The lowest BCUT2D eigenvalue weighted by molar-refractivity contribution is -0.149. The molecule has 1 atom stereocenters. The Hall–Kier alpha value is -1.36. The van der Waals surface area contributed by atoms with Crippen LogP contribution in [0, 0.1) is 6.92 Å². The Kier molecular flexibility index (Phi) is 5.36. The largest absolute Gasteiger partial charge is 0.365 e. The summed E-state index contributed by atoms with van der Waals surface area (Å²) in [4.78, 5) is 14.7. The molecule has 2 aliphatic rings. The molecule has 1 saturated carbocycles. The van der Waals surface area contributed by atoms with Crippen LogP contribution < -0.4 is 0 Å². The Labute approximate surface area is 139 Å². The van der Waals surface area contributed by atoms with Gasteiger partial charge in [-0.3, -0.25) is 9.48 Å². The van der Waals surface area contributed by atoms with Crippen molar-refractivity contribution in [3.8, 4) is 0 Å². The minimum absolute atomic E-state index is 0.189. The molecule has 0 spiro atoms. The standard InChI is InChI=1S/C18H29N3O2/c1-3-17(23-16-6-4-5-7-16)18(22)20-10-8-15(9-11-20)21-13-14(2)12-19-21/h12-13,15-17H,3-11H2,1-2H3/t17-/m1/s1. The lowest BCUT2D eigenvalue weighted by Crippen LogP contribution is -2.45. The van der Waals surface area contributed by atoms with E-state index in [9.17, 15) is 4.79 Å². The van der Waals surface area contributed by atoms with Gasteiger partial charge in [-0.1, -0.05) is 19.8 Å². The first-order valence-corrected chi connectivity index (χ1v) is 9.12. The molecular weight excluding hydrogens is 290 g/mol. The molecule has 0 radical (unpaired) electrons. The number of carbonyl (C=O) groups excluding carboxylic acids is 1. The molecule has 0 unspecified atom stereocenters. The van der Waals surface area contributed by atoms with Gasteiger partial charge in [-0.2, -0.15) is 5.10 Å². The van der Waals surface area contributed by atoms with Crippen molar-refractivity contribution in [1.82, 2.24) is 14.7 Å². The van der Waals surface area contributed by atoms with Crippen LogP contribution in [-0.2, 0) is 9.53 Å². The van der Waals surface area contributed by atoms with Gasteiger partial charge in [-0.25, -0.2) is 0 Å². The average Bonchev–Trinajstić information content (AvgIpc) is 3.23. The van der Waals surface area contributed by atoms with Gasteiger partial charge in [0.1, 0.15) is 6.10 Å². The second kappa shape index (κ2) is 7.47. The maximum absolute atomic E-state index is 12.7. The van der Waals surface area contributed by atoms with Gasteiger partial charge >= 0.3 is 0 Å². The van der Waals surface area contributed by atoms with Crippen molar-refractivity contribution < 1.29 is 9.53 Å². The van der Waals surface area contributed by atoms with Crippen molar-refractivity contribution in [2.75, 3.05) is 13.1 Å². The zero-order valence-electron chi connectivity index (χ0n) is 14.4. The molecule has 2 heterocycles. The molecule has 5 heteroatoms. The van der Waals surface area contributed by atoms with Gasteiger partial charge in [0.15, 0.2) is 0 Å². The van der Waals surface area contributed by atoms with E-state index in [1.165, 1.54) is 18.4 Å². The number of carbonyl (C=O) groups is 1. The third-order valence-electron chi connectivity index (χ3n) is 5.19. The van der Waals surface area contributed by atoms with Crippen LogP contribution in [0.1, 0.15) is 63.5 Å². The summed E-state index contributed by atoms with van der Waals surface area (Å²) in [7, 11) is 0. The molecule has 128 valence electrons. The summed E-state index contributed by atoms with van der Waals surface area (Å²) < 4.78 is 8.14. The number of aryl methyl sites for hydroxylation is 1. The predicted octanol–water partition coefficient (Wildman–Crippen LogP) is 3.09. The Morgan fingerprint density at radius 1 is 1.30 bits per heavy atom. The number of ether oxygens (including phenoxy) is 1. The molecule has 0 N–H and O–H groups in total. The molecule has 0 bridgehead atoms. The van der Waals surface area contributed by atoms with E-state index in [-0.39, 0.29) is 12.0 Å². The van der Waals surface area contributed by atoms with Crippen molar-refractivity contribution in [1.29, 1.82) is 0 Å².